The Morgan fingerprint density at radius 1 is 0.382 bits per heavy atom. The highest BCUT2D eigenvalue weighted by molar-refractivity contribution is 5.85. The van der Waals surface area contributed by atoms with Gasteiger partial charge in [0.05, 0.1) is 28.4 Å². The summed E-state index contributed by atoms with van der Waals surface area (Å²) in [5.74, 6) is 15.5. The van der Waals surface area contributed by atoms with Gasteiger partial charge >= 0.3 is 0 Å². The molecule has 4 aromatic rings. The highest BCUT2D eigenvalue weighted by atomic mass is 16.5. The molecule has 0 heterocycles. The molecule has 0 aromatic heterocycles. The molecule has 168 valence electrons. The first kappa shape index (κ1) is 22.6. The number of ether oxygens (including phenoxy) is 4. The summed E-state index contributed by atoms with van der Waals surface area (Å²) in [5, 5.41) is 2.21. The van der Waals surface area contributed by atoms with Gasteiger partial charge < -0.3 is 18.9 Å². The lowest BCUT2D eigenvalue weighted by molar-refractivity contribution is 0.355. The first-order valence-corrected chi connectivity index (χ1v) is 10.7. The van der Waals surface area contributed by atoms with Crippen LogP contribution in [0.15, 0.2) is 72.8 Å². The summed E-state index contributed by atoms with van der Waals surface area (Å²) in [6, 6.07) is 23.6. The number of fused-ring (bicyclic) bond motifs is 1. The monoisotopic (exact) mass is 448 g/mol. The van der Waals surface area contributed by atoms with Crippen molar-refractivity contribution in [2.75, 3.05) is 28.4 Å². The van der Waals surface area contributed by atoms with Crippen LogP contribution in [0.1, 0.15) is 22.3 Å². The Balaban J connectivity index is 1.60. The topological polar surface area (TPSA) is 36.9 Å². The molecule has 0 N–H and O–H groups in total. The lowest BCUT2D eigenvalue weighted by atomic mass is 10.0. The fraction of sp³-hybridized carbons (Fsp3) is 0.133. The maximum Gasteiger partial charge on any atom is 0.161 e. The van der Waals surface area contributed by atoms with Crippen LogP contribution in [0.25, 0.3) is 10.8 Å². The SMILES string of the molecule is COc1ccc(C#Cc2ccc3ccc(C#Cc4ccc(OC)c(OC)c4)cc3c2)cc1OC. The second-order valence-corrected chi connectivity index (χ2v) is 7.42. The molecule has 0 spiro atoms. The van der Waals surface area contributed by atoms with Crippen LogP contribution < -0.4 is 18.9 Å². The summed E-state index contributed by atoms with van der Waals surface area (Å²) in [5.41, 5.74) is 3.55. The van der Waals surface area contributed by atoms with Crippen LogP contribution in [0.4, 0.5) is 0 Å². The van der Waals surface area contributed by atoms with Gasteiger partial charge in [-0.1, -0.05) is 35.8 Å². The van der Waals surface area contributed by atoms with Crippen molar-refractivity contribution in [3.63, 3.8) is 0 Å². The lowest BCUT2D eigenvalue weighted by Gasteiger charge is -2.06. The summed E-state index contributed by atoms with van der Waals surface area (Å²) >= 11 is 0. The molecule has 0 radical (unpaired) electrons. The van der Waals surface area contributed by atoms with Crippen LogP contribution in [0.5, 0.6) is 23.0 Å². The van der Waals surface area contributed by atoms with Crippen molar-refractivity contribution in [1.29, 1.82) is 0 Å². The maximum absolute atomic E-state index is 5.36. The van der Waals surface area contributed by atoms with Crippen LogP contribution in [-0.2, 0) is 0 Å². The van der Waals surface area contributed by atoms with Gasteiger partial charge in [0.15, 0.2) is 23.0 Å². The van der Waals surface area contributed by atoms with Gasteiger partial charge in [-0.25, -0.2) is 0 Å². The fourth-order valence-electron chi connectivity index (χ4n) is 3.52. The van der Waals surface area contributed by atoms with E-state index >= 15 is 0 Å². The van der Waals surface area contributed by atoms with E-state index in [1.165, 1.54) is 0 Å². The molecule has 4 heteroatoms. The normalized spacial score (nSPS) is 9.88. The van der Waals surface area contributed by atoms with Crippen LogP contribution in [0.2, 0.25) is 0 Å². The summed E-state index contributed by atoms with van der Waals surface area (Å²) in [6.45, 7) is 0. The third-order valence-electron chi connectivity index (χ3n) is 5.31. The molecule has 0 bridgehead atoms. The van der Waals surface area contributed by atoms with E-state index in [1.54, 1.807) is 28.4 Å². The Morgan fingerprint density at radius 2 is 0.735 bits per heavy atom. The largest absolute Gasteiger partial charge is 0.493 e. The van der Waals surface area contributed by atoms with E-state index in [-0.39, 0.29) is 0 Å². The summed E-state index contributed by atoms with van der Waals surface area (Å²) in [4.78, 5) is 0. The van der Waals surface area contributed by atoms with Crippen molar-refractivity contribution in [3.05, 3.63) is 95.1 Å². The highest BCUT2D eigenvalue weighted by Gasteiger charge is 2.04. The van der Waals surface area contributed by atoms with Crippen molar-refractivity contribution in [2.45, 2.75) is 0 Å². The molecule has 0 aliphatic carbocycles. The van der Waals surface area contributed by atoms with Gasteiger partial charge in [0.1, 0.15) is 0 Å². The zero-order chi connectivity index (χ0) is 23.9. The van der Waals surface area contributed by atoms with E-state index in [2.05, 4.69) is 47.9 Å². The van der Waals surface area contributed by atoms with E-state index in [4.69, 9.17) is 18.9 Å². The van der Waals surface area contributed by atoms with Crippen LogP contribution in [0, 0.1) is 23.7 Å². The molecule has 0 fully saturated rings. The van der Waals surface area contributed by atoms with Gasteiger partial charge in [-0.05, 0) is 71.4 Å². The minimum atomic E-state index is 0.658. The van der Waals surface area contributed by atoms with Crippen molar-refractivity contribution in [2.24, 2.45) is 0 Å². The number of rotatable bonds is 4. The predicted octanol–water partition coefficient (Wildman–Crippen LogP) is 5.67. The van der Waals surface area contributed by atoms with Gasteiger partial charge in [-0.15, -0.1) is 0 Å². The zero-order valence-corrected chi connectivity index (χ0v) is 19.6. The Bertz CT molecular complexity index is 1350. The van der Waals surface area contributed by atoms with Gasteiger partial charge in [0.2, 0.25) is 0 Å². The summed E-state index contributed by atoms with van der Waals surface area (Å²) < 4.78 is 21.3. The standard InChI is InChI=1S/C30H24O4/c1-31-27-15-11-23(19-29(27)33-3)7-5-21-9-13-25-14-10-22(18-26(25)17-21)6-8-24-12-16-28(32-2)30(20-24)34-4/h9-20H,1-4H3. The molecule has 0 aliphatic rings. The van der Waals surface area contributed by atoms with E-state index in [1.807, 2.05) is 48.5 Å². The van der Waals surface area contributed by atoms with Crippen molar-refractivity contribution in [3.8, 4) is 46.7 Å². The molecule has 34 heavy (non-hydrogen) atoms. The molecule has 0 atom stereocenters. The zero-order valence-electron chi connectivity index (χ0n) is 19.6. The average molecular weight is 449 g/mol. The first-order valence-electron chi connectivity index (χ1n) is 10.7. The lowest BCUT2D eigenvalue weighted by Crippen LogP contribution is -1.90. The third kappa shape index (κ3) is 5.09. The second kappa shape index (κ2) is 10.4. The molecular weight excluding hydrogens is 424 g/mol. The average Bonchev–Trinajstić information content (AvgIpc) is 2.89. The minimum Gasteiger partial charge on any atom is -0.493 e. The van der Waals surface area contributed by atoms with E-state index in [0.717, 1.165) is 33.0 Å². The predicted molar refractivity (Wildman–Crippen MR) is 135 cm³/mol. The molecule has 0 unspecified atom stereocenters. The Morgan fingerprint density at radius 3 is 1.12 bits per heavy atom. The van der Waals surface area contributed by atoms with Crippen LogP contribution in [0.3, 0.4) is 0 Å². The highest BCUT2D eigenvalue weighted by Crippen LogP contribution is 2.28. The molecule has 4 nitrogen and oxygen atoms in total. The fourth-order valence-corrected chi connectivity index (χ4v) is 3.52. The summed E-state index contributed by atoms with van der Waals surface area (Å²) in [6.07, 6.45) is 0. The van der Waals surface area contributed by atoms with E-state index in [0.29, 0.717) is 23.0 Å². The van der Waals surface area contributed by atoms with Crippen LogP contribution in [-0.4, -0.2) is 28.4 Å². The molecule has 0 aliphatic heterocycles. The van der Waals surface area contributed by atoms with Crippen molar-refractivity contribution < 1.29 is 18.9 Å². The van der Waals surface area contributed by atoms with E-state index in [9.17, 15) is 0 Å². The van der Waals surface area contributed by atoms with E-state index < -0.39 is 0 Å². The summed E-state index contributed by atoms with van der Waals surface area (Å²) in [7, 11) is 6.46. The van der Waals surface area contributed by atoms with Gasteiger partial charge in [0.25, 0.3) is 0 Å². The Labute approximate surface area is 200 Å². The third-order valence-corrected chi connectivity index (χ3v) is 5.31. The van der Waals surface area contributed by atoms with Crippen molar-refractivity contribution >= 4 is 10.8 Å². The molecule has 0 amide bonds. The molecular formula is C30H24O4. The maximum atomic E-state index is 5.36. The number of benzene rings is 4. The smallest absolute Gasteiger partial charge is 0.161 e. The van der Waals surface area contributed by atoms with Crippen LogP contribution >= 0.6 is 0 Å². The second-order valence-electron chi connectivity index (χ2n) is 7.42. The first-order chi connectivity index (χ1) is 16.6. The van der Waals surface area contributed by atoms with Gasteiger partial charge in [-0.3, -0.25) is 0 Å². The quantitative estimate of drug-likeness (QED) is 0.377. The number of methoxy groups -OCH3 is 4. The van der Waals surface area contributed by atoms with Gasteiger partial charge in [0, 0.05) is 22.3 Å². The van der Waals surface area contributed by atoms with Gasteiger partial charge in [-0.2, -0.15) is 0 Å². The molecule has 0 saturated heterocycles. The number of hydrogen-bond acceptors (Lipinski definition) is 4. The molecule has 0 saturated carbocycles. The Hall–Kier alpha value is -4.54. The minimum absolute atomic E-state index is 0.658. The van der Waals surface area contributed by atoms with Crippen molar-refractivity contribution in [1.82, 2.24) is 0 Å². The molecule has 4 aromatic carbocycles. The number of hydrogen-bond donors (Lipinski definition) is 0. The molecule has 4 rings (SSSR count). The Kier molecular flexibility index (Phi) is 6.92.